The Morgan fingerprint density at radius 1 is 1.33 bits per heavy atom. The molecule has 0 bridgehead atoms. The first-order valence-electron chi connectivity index (χ1n) is 3.67. The summed E-state index contributed by atoms with van der Waals surface area (Å²) in [5.41, 5.74) is 7.37. The van der Waals surface area contributed by atoms with E-state index in [1.54, 1.807) is 13.8 Å². The molecular weight excluding hydrogens is 157 g/mol. The van der Waals surface area contributed by atoms with Gasteiger partial charge in [-0.2, -0.15) is 0 Å². The van der Waals surface area contributed by atoms with Crippen LogP contribution in [-0.2, 0) is 0 Å². The van der Waals surface area contributed by atoms with Crippen LogP contribution in [0, 0.1) is 19.7 Å². The molecule has 0 amide bonds. The van der Waals surface area contributed by atoms with E-state index in [0.717, 1.165) is 5.56 Å². The van der Waals surface area contributed by atoms with Crippen LogP contribution in [0.4, 0.5) is 10.1 Å². The number of nitrogens with two attached hydrogens (primary N) is 1. The zero-order valence-electron chi connectivity index (χ0n) is 7.44. The Morgan fingerprint density at radius 2 is 1.92 bits per heavy atom. The van der Waals surface area contributed by atoms with Crippen molar-refractivity contribution in [3.05, 3.63) is 23.0 Å². The molecule has 0 aliphatic carbocycles. The van der Waals surface area contributed by atoms with E-state index < -0.39 is 0 Å². The van der Waals surface area contributed by atoms with E-state index in [0.29, 0.717) is 17.0 Å². The molecule has 0 fully saturated rings. The maximum Gasteiger partial charge on any atom is 0.131 e. The Bertz CT molecular complexity index is 310. The van der Waals surface area contributed by atoms with E-state index in [9.17, 15) is 4.39 Å². The summed E-state index contributed by atoms with van der Waals surface area (Å²) in [7, 11) is 1.50. The van der Waals surface area contributed by atoms with Crippen molar-refractivity contribution in [2.24, 2.45) is 0 Å². The fourth-order valence-corrected chi connectivity index (χ4v) is 1.09. The Labute approximate surface area is 71.1 Å². The van der Waals surface area contributed by atoms with Crippen LogP contribution in [0.1, 0.15) is 11.1 Å². The van der Waals surface area contributed by atoms with Gasteiger partial charge in [0, 0.05) is 22.9 Å². The van der Waals surface area contributed by atoms with Gasteiger partial charge >= 0.3 is 0 Å². The molecule has 0 spiro atoms. The quantitative estimate of drug-likeness (QED) is 0.653. The van der Waals surface area contributed by atoms with Crippen molar-refractivity contribution in [1.82, 2.24) is 0 Å². The second kappa shape index (κ2) is 3.01. The molecule has 1 rings (SSSR count). The summed E-state index contributed by atoms with van der Waals surface area (Å²) in [6, 6.07) is 1.35. The van der Waals surface area contributed by atoms with Gasteiger partial charge in [-0.15, -0.1) is 0 Å². The van der Waals surface area contributed by atoms with Gasteiger partial charge in [-0.25, -0.2) is 4.39 Å². The number of hydrogen-bond donors (Lipinski definition) is 1. The molecule has 0 atom stereocenters. The van der Waals surface area contributed by atoms with E-state index >= 15 is 0 Å². The molecule has 1 aromatic carbocycles. The molecule has 0 saturated carbocycles. The van der Waals surface area contributed by atoms with Crippen LogP contribution in [0.3, 0.4) is 0 Å². The molecule has 0 radical (unpaired) electrons. The van der Waals surface area contributed by atoms with Gasteiger partial charge in [0.15, 0.2) is 0 Å². The van der Waals surface area contributed by atoms with Crippen molar-refractivity contribution in [2.75, 3.05) is 12.8 Å². The Hall–Kier alpha value is -1.25. The third-order valence-corrected chi connectivity index (χ3v) is 2.01. The van der Waals surface area contributed by atoms with Gasteiger partial charge < -0.3 is 10.5 Å². The Morgan fingerprint density at radius 3 is 2.42 bits per heavy atom. The first-order chi connectivity index (χ1) is 5.57. The molecule has 0 aromatic heterocycles. The summed E-state index contributed by atoms with van der Waals surface area (Å²) in [6.07, 6.45) is 0. The number of benzene rings is 1. The van der Waals surface area contributed by atoms with Crippen LogP contribution in [0.2, 0.25) is 0 Å². The van der Waals surface area contributed by atoms with Crippen LogP contribution < -0.4 is 10.5 Å². The highest BCUT2D eigenvalue weighted by atomic mass is 19.1. The van der Waals surface area contributed by atoms with Crippen LogP contribution in [0.5, 0.6) is 5.75 Å². The number of ether oxygens (including phenoxy) is 1. The molecular formula is C9H12FNO. The standard InChI is InChI=1S/C9H12FNO/c1-5-7(10)4-8(12-3)6(2)9(5)11/h4H,11H2,1-3H3. The van der Waals surface area contributed by atoms with Crippen LogP contribution >= 0.6 is 0 Å². The van der Waals surface area contributed by atoms with Gasteiger partial charge in [0.05, 0.1) is 7.11 Å². The summed E-state index contributed by atoms with van der Waals surface area (Å²) >= 11 is 0. The van der Waals surface area contributed by atoms with Crippen LogP contribution in [0.15, 0.2) is 6.07 Å². The summed E-state index contributed by atoms with van der Waals surface area (Å²) in [4.78, 5) is 0. The molecule has 0 aliphatic heterocycles. The van der Waals surface area contributed by atoms with Gasteiger partial charge in [0.2, 0.25) is 0 Å². The van der Waals surface area contributed by atoms with Crippen LogP contribution in [0.25, 0.3) is 0 Å². The normalized spacial score (nSPS) is 10.0. The van der Waals surface area contributed by atoms with Gasteiger partial charge in [-0.1, -0.05) is 0 Å². The van der Waals surface area contributed by atoms with Crippen molar-refractivity contribution in [3.8, 4) is 5.75 Å². The molecule has 0 aliphatic rings. The van der Waals surface area contributed by atoms with Crippen molar-refractivity contribution >= 4 is 5.69 Å². The monoisotopic (exact) mass is 169 g/mol. The molecule has 3 heteroatoms. The predicted octanol–water partition coefficient (Wildman–Crippen LogP) is 2.03. The lowest BCUT2D eigenvalue weighted by atomic mass is 10.1. The minimum atomic E-state index is -0.324. The van der Waals surface area contributed by atoms with Crippen molar-refractivity contribution < 1.29 is 9.13 Å². The lowest BCUT2D eigenvalue weighted by Crippen LogP contribution is -1.99. The van der Waals surface area contributed by atoms with Crippen molar-refractivity contribution in [2.45, 2.75) is 13.8 Å². The largest absolute Gasteiger partial charge is 0.496 e. The van der Waals surface area contributed by atoms with Crippen molar-refractivity contribution in [1.29, 1.82) is 0 Å². The highest BCUT2D eigenvalue weighted by molar-refractivity contribution is 5.59. The molecule has 2 nitrogen and oxygen atoms in total. The third kappa shape index (κ3) is 1.22. The van der Waals surface area contributed by atoms with Gasteiger partial charge in [-0.05, 0) is 13.8 Å². The van der Waals surface area contributed by atoms with E-state index in [1.807, 2.05) is 0 Å². The minimum absolute atomic E-state index is 0.324. The molecule has 0 unspecified atom stereocenters. The fraction of sp³-hybridized carbons (Fsp3) is 0.333. The van der Waals surface area contributed by atoms with E-state index in [2.05, 4.69) is 0 Å². The number of hydrogen-bond acceptors (Lipinski definition) is 2. The SMILES string of the molecule is COc1cc(F)c(C)c(N)c1C. The molecule has 1 aromatic rings. The predicted molar refractivity (Wildman–Crippen MR) is 46.8 cm³/mol. The average molecular weight is 169 g/mol. The van der Waals surface area contributed by atoms with Crippen molar-refractivity contribution in [3.63, 3.8) is 0 Å². The summed E-state index contributed by atoms with van der Waals surface area (Å²) < 4.78 is 18.0. The van der Waals surface area contributed by atoms with E-state index in [-0.39, 0.29) is 5.82 Å². The molecule has 12 heavy (non-hydrogen) atoms. The maximum absolute atomic E-state index is 13.0. The first-order valence-corrected chi connectivity index (χ1v) is 3.67. The second-order valence-corrected chi connectivity index (χ2v) is 2.72. The zero-order valence-corrected chi connectivity index (χ0v) is 7.44. The summed E-state index contributed by atoms with van der Waals surface area (Å²) in [5, 5.41) is 0. The summed E-state index contributed by atoms with van der Waals surface area (Å²) in [6.45, 7) is 3.46. The lowest BCUT2D eigenvalue weighted by molar-refractivity contribution is 0.408. The summed E-state index contributed by atoms with van der Waals surface area (Å²) in [5.74, 6) is 0.172. The van der Waals surface area contributed by atoms with E-state index in [1.165, 1.54) is 13.2 Å². The number of halogens is 1. The minimum Gasteiger partial charge on any atom is -0.496 e. The number of rotatable bonds is 1. The molecule has 66 valence electrons. The van der Waals surface area contributed by atoms with E-state index in [4.69, 9.17) is 10.5 Å². The molecule has 0 heterocycles. The Kier molecular flexibility index (Phi) is 2.22. The number of nitrogen functional groups attached to an aromatic ring is 1. The zero-order chi connectivity index (χ0) is 9.30. The Balaban J connectivity index is 3.39. The third-order valence-electron chi connectivity index (χ3n) is 2.01. The molecule has 0 saturated heterocycles. The second-order valence-electron chi connectivity index (χ2n) is 2.72. The van der Waals surface area contributed by atoms with Gasteiger partial charge in [0.1, 0.15) is 11.6 Å². The molecule has 2 N–H and O–H groups in total. The van der Waals surface area contributed by atoms with Gasteiger partial charge in [0.25, 0.3) is 0 Å². The van der Waals surface area contributed by atoms with Crippen LogP contribution in [-0.4, -0.2) is 7.11 Å². The smallest absolute Gasteiger partial charge is 0.131 e. The first kappa shape index (κ1) is 8.84. The topological polar surface area (TPSA) is 35.2 Å². The highest BCUT2D eigenvalue weighted by Crippen LogP contribution is 2.28. The highest BCUT2D eigenvalue weighted by Gasteiger charge is 2.09. The number of methoxy groups -OCH3 is 1. The maximum atomic E-state index is 13.0. The van der Waals surface area contributed by atoms with Gasteiger partial charge in [-0.3, -0.25) is 0 Å². The lowest BCUT2D eigenvalue weighted by Gasteiger charge is -2.10. The average Bonchev–Trinajstić information content (AvgIpc) is 2.08. The number of anilines is 1. The fourth-order valence-electron chi connectivity index (χ4n) is 1.09.